The zero-order chi connectivity index (χ0) is 31.4. The number of hydrogen-bond donors (Lipinski definition) is 1. The van der Waals surface area contributed by atoms with Crippen molar-refractivity contribution in [3.8, 4) is 22.4 Å². The number of hydrogen-bond acceptors (Lipinski definition) is 3. The molecule has 3 aromatic heterocycles. The quantitative estimate of drug-likeness (QED) is 0.196. The molecule has 3 heterocycles. The van der Waals surface area contributed by atoms with Crippen molar-refractivity contribution in [3.63, 3.8) is 0 Å². The Morgan fingerprint density at radius 1 is 0.468 bits per heavy atom. The Kier molecular flexibility index (Phi) is 6.46. The average Bonchev–Trinajstić information content (AvgIpc) is 3.53. The summed E-state index contributed by atoms with van der Waals surface area (Å²) in [5.41, 5.74) is 6.91. The van der Waals surface area contributed by atoms with Gasteiger partial charge >= 0.3 is 210 Å². The van der Waals surface area contributed by atoms with Crippen LogP contribution in [0.1, 0.15) is 0 Å². The van der Waals surface area contributed by atoms with Crippen LogP contribution in [-0.4, -0.2) is 19.3 Å². The molecule has 4 nitrogen and oxygen atoms in total. The molecule has 6 aromatic carbocycles. The van der Waals surface area contributed by atoms with Crippen molar-refractivity contribution >= 4 is 61.8 Å². The summed E-state index contributed by atoms with van der Waals surface area (Å²) in [7, 11) is -3.19. The van der Waals surface area contributed by atoms with E-state index in [2.05, 4.69) is 89.3 Å². The summed E-state index contributed by atoms with van der Waals surface area (Å²) < 4.78 is 2.06. The van der Waals surface area contributed by atoms with Gasteiger partial charge in [0.1, 0.15) is 11.2 Å². The molecule has 0 atom stereocenters. The molecule has 9 rings (SSSR count). The van der Waals surface area contributed by atoms with Gasteiger partial charge in [0.2, 0.25) is 0 Å². The Labute approximate surface area is 272 Å². The number of imidazole rings is 1. The van der Waals surface area contributed by atoms with Crippen molar-refractivity contribution in [1.82, 2.24) is 14.4 Å². The van der Waals surface area contributed by atoms with E-state index in [1.807, 2.05) is 85.1 Å². The number of aromatic nitrogens is 3. The first-order chi connectivity index (χ1) is 23.2. The Hall–Kier alpha value is -5.67. The Balaban J connectivity index is 1.15. The number of rotatable bonds is 5. The van der Waals surface area contributed by atoms with Crippen LogP contribution in [0.2, 0.25) is 0 Å². The molecule has 0 saturated carbocycles. The molecule has 0 aliphatic rings. The molecule has 0 spiro atoms. The fourth-order valence-corrected chi connectivity index (χ4v) is 9.95. The van der Waals surface area contributed by atoms with Crippen LogP contribution in [0, 0.1) is 0 Å². The Morgan fingerprint density at radius 2 is 1.11 bits per heavy atom. The van der Waals surface area contributed by atoms with E-state index >= 15 is 0 Å². The van der Waals surface area contributed by atoms with E-state index in [4.69, 9.17) is 9.97 Å². The van der Waals surface area contributed by atoms with E-state index in [9.17, 15) is 4.89 Å². The first-order valence-electron chi connectivity index (χ1n) is 15.8. The maximum atomic E-state index is 12.5. The summed E-state index contributed by atoms with van der Waals surface area (Å²) in [6.07, 6.45) is 2.02. The van der Waals surface area contributed by atoms with Gasteiger partial charge in [-0.2, -0.15) is 0 Å². The van der Waals surface area contributed by atoms with Crippen molar-refractivity contribution in [2.75, 3.05) is 0 Å². The molecule has 5 heteroatoms. The molecule has 0 radical (unpaired) electrons. The monoisotopic (exact) mass is 623 g/mol. The molecular formula is C42H30N3OP. The second kappa shape index (κ2) is 11.0. The standard InChI is InChI=1S/C42H30N3OP/c46-47(34-14-3-1-4-15-34,35-16-5-2-6-17-35)36-24-23-31-26-30(21-22-32(31)28-36)29-12-11-13-33(27-29)40-37-18-7-8-19-38(37)41-42(44-40)45-25-10-9-20-39(45)43-41/h1-28,46-47H. The summed E-state index contributed by atoms with van der Waals surface area (Å²) in [5.74, 6) is 0. The second-order valence-corrected chi connectivity index (χ2v) is 15.2. The minimum absolute atomic E-state index is 0.857. The maximum absolute atomic E-state index is 12.5. The van der Waals surface area contributed by atoms with Gasteiger partial charge in [-0.15, -0.1) is 0 Å². The van der Waals surface area contributed by atoms with Crippen molar-refractivity contribution in [2.45, 2.75) is 0 Å². The zero-order valence-electron chi connectivity index (χ0n) is 25.5. The van der Waals surface area contributed by atoms with Crippen LogP contribution < -0.4 is 15.9 Å². The van der Waals surface area contributed by atoms with E-state index < -0.39 is 7.49 Å². The fraction of sp³-hybridized carbons (Fsp3) is 0. The van der Waals surface area contributed by atoms with Gasteiger partial charge in [-0.1, -0.05) is 24.3 Å². The Bertz CT molecular complexity index is 2560. The van der Waals surface area contributed by atoms with Gasteiger partial charge in [0.25, 0.3) is 0 Å². The van der Waals surface area contributed by atoms with Crippen LogP contribution in [0.5, 0.6) is 0 Å². The van der Waals surface area contributed by atoms with Gasteiger partial charge in [-0.05, 0) is 12.1 Å². The summed E-state index contributed by atoms with van der Waals surface area (Å²) in [5, 5.41) is 7.33. The summed E-state index contributed by atoms with van der Waals surface area (Å²) >= 11 is 0. The van der Waals surface area contributed by atoms with Crippen LogP contribution in [-0.2, 0) is 0 Å². The molecule has 0 fully saturated rings. The summed E-state index contributed by atoms with van der Waals surface area (Å²) in [6.45, 7) is 0. The third-order valence-corrected chi connectivity index (χ3v) is 12.8. The van der Waals surface area contributed by atoms with Gasteiger partial charge in [-0.3, -0.25) is 4.40 Å². The molecule has 224 valence electrons. The molecule has 0 aliphatic heterocycles. The molecule has 0 aliphatic carbocycles. The number of pyridine rings is 2. The first kappa shape index (κ1) is 27.6. The van der Waals surface area contributed by atoms with Crippen LogP contribution in [0.3, 0.4) is 0 Å². The van der Waals surface area contributed by atoms with Crippen molar-refractivity contribution in [2.24, 2.45) is 0 Å². The van der Waals surface area contributed by atoms with Crippen LogP contribution in [0.4, 0.5) is 0 Å². The van der Waals surface area contributed by atoms with Gasteiger partial charge < -0.3 is 0 Å². The zero-order valence-corrected chi connectivity index (χ0v) is 26.5. The third-order valence-electron chi connectivity index (χ3n) is 9.27. The van der Waals surface area contributed by atoms with Gasteiger partial charge in [0.15, 0.2) is 0 Å². The van der Waals surface area contributed by atoms with Gasteiger partial charge in [-0.25, -0.2) is 4.98 Å². The van der Waals surface area contributed by atoms with Crippen LogP contribution >= 0.6 is 7.49 Å². The number of fused-ring (bicyclic) bond motifs is 6. The normalized spacial score (nSPS) is 12.3. The fourth-order valence-electron chi connectivity index (χ4n) is 6.91. The topological polar surface area (TPSA) is 50.4 Å². The van der Waals surface area contributed by atoms with Crippen molar-refractivity contribution in [3.05, 3.63) is 170 Å². The van der Waals surface area contributed by atoms with E-state index in [-0.39, 0.29) is 0 Å². The van der Waals surface area contributed by atoms with Crippen molar-refractivity contribution in [1.29, 1.82) is 0 Å². The van der Waals surface area contributed by atoms with E-state index in [1.54, 1.807) is 0 Å². The molecule has 0 unspecified atom stereocenters. The molecule has 9 aromatic rings. The first-order valence-corrected chi connectivity index (χ1v) is 17.8. The predicted octanol–water partition coefficient (Wildman–Crippen LogP) is 8.46. The van der Waals surface area contributed by atoms with E-state index in [0.717, 1.165) is 76.7 Å². The van der Waals surface area contributed by atoms with E-state index in [1.165, 1.54) is 0 Å². The predicted molar refractivity (Wildman–Crippen MR) is 199 cm³/mol. The number of nitrogens with zero attached hydrogens (tertiary/aromatic N) is 3. The third kappa shape index (κ3) is 4.53. The average molecular weight is 624 g/mol. The molecule has 0 amide bonds. The minimum atomic E-state index is -3.19. The molecular weight excluding hydrogens is 593 g/mol. The summed E-state index contributed by atoms with van der Waals surface area (Å²) in [6, 6.07) is 56.3. The summed E-state index contributed by atoms with van der Waals surface area (Å²) in [4.78, 5) is 22.6. The van der Waals surface area contributed by atoms with Gasteiger partial charge in [0.05, 0.1) is 0 Å². The van der Waals surface area contributed by atoms with E-state index in [0.29, 0.717) is 0 Å². The Morgan fingerprint density at radius 3 is 1.89 bits per heavy atom. The second-order valence-electron chi connectivity index (χ2n) is 12.0. The van der Waals surface area contributed by atoms with Crippen molar-refractivity contribution < 1.29 is 4.89 Å². The van der Waals surface area contributed by atoms with Gasteiger partial charge in [0, 0.05) is 6.20 Å². The number of benzene rings is 6. The molecule has 47 heavy (non-hydrogen) atoms. The molecule has 1 N–H and O–H groups in total. The molecule has 0 bridgehead atoms. The van der Waals surface area contributed by atoms with Crippen LogP contribution in [0.25, 0.3) is 60.7 Å². The molecule has 0 saturated heterocycles. The SMILES string of the molecule is O[PH](c1ccccc1)(c1ccccc1)c1ccc2cc(-c3cccc(-c4nc5c(nc6ccccn65)c5ccccc45)c3)ccc2c1. The van der Waals surface area contributed by atoms with Crippen LogP contribution in [0.15, 0.2) is 170 Å².